The van der Waals surface area contributed by atoms with Crippen molar-refractivity contribution in [3.8, 4) is 0 Å². The zero-order chi connectivity index (χ0) is 10.8. The third-order valence-corrected chi connectivity index (χ3v) is 3.87. The first-order valence-corrected chi connectivity index (χ1v) is 6.30. The molecule has 0 aromatic carbocycles. The van der Waals surface area contributed by atoms with E-state index in [-0.39, 0.29) is 0 Å². The Bertz CT molecular complexity index is 239. The van der Waals surface area contributed by atoms with Crippen molar-refractivity contribution in [3.63, 3.8) is 0 Å². The summed E-state index contributed by atoms with van der Waals surface area (Å²) >= 11 is 0. The van der Waals surface area contributed by atoms with Gasteiger partial charge in [0.05, 0.1) is 5.84 Å². The summed E-state index contributed by atoms with van der Waals surface area (Å²) in [5.41, 5.74) is 0. The molecule has 0 aromatic rings. The van der Waals surface area contributed by atoms with Gasteiger partial charge < -0.3 is 4.90 Å². The van der Waals surface area contributed by atoms with Crippen molar-refractivity contribution in [2.45, 2.75) is 51.6 Å². The van der Waals surface area contributed by atoms with Crippen LogP contribution in [0.2, 0.25) is 0 Å². The molecule has 86 valence electrons. The van der Waals surface area contributed by atoms with E-state index in [1.807, 2.05) is 0 Å². The van der Waals surface area contributed by atoms with Gasteiger partial charge in [0.1, 0.15) is 0 Å². The summed E-state index contributed by atoms with van der Waals surface area (Å²) in [6.07, 6.45) is 4.95. The predicted octanol–water partition coefficient (Wildman–Crippen LogP) is 1.93. The summed E-state index contributed by atoms with van der Waals surface area (Å²) in [5.74, 6) is 0.827. The Morgan fingerprint density at radius 2 is 2.13 bits per heavy atom. The van der Waals surface area contributed by atoms with Crippen LogP contribution in [0.5, 0.6) is 0 Å². The molecule has 0 aliphatic carbocycles. The molecule has 2 rings (SSSR count). The van der Waals surface area contributed by atoms with Gasteiger partial charge in [-0.3, -0.25) is 10.3 Å². The van der Waals surface area contributed by atoms with Crippen LogP contribution in [-0.2, 0) is 0 Å². The number of nitrogens with one attached hydrogen (secondary N) is 1. The van der Waals surface area contributed by atoms with Gasteiger partial charge >= 0.3 is 0 Å². The van der Waals surface area contributed by atoms with Gasteiger partial charge in [-0.15, -0.1) is 0 Å². The SMILES string of the molecule is CCC(=N)N1CC2CCCCN2CC1C. The highest BCUT2D eigenvalue weighted by Crippen LogP contribution is 2.24. The van der Waals surface area contributed by atoms with Crippen molar-refractivity contribution in [3.05, 3.63) is 0 Å². The molecular weight excluding hydrogens is 186 g/mol. The molecule has 2 saturated heterocycles. The minimum Gasteiger partial charge on any atom is -0.355 e. The fourth-order valence-electron chi connectivity index (χ4n) is 2.93. The number of piperidine rings is 1. The van der Waals surface area contributed by atoms with Crippen LogP contribution in [0.1, 0.15) is 39.5 Å². The van der Waals surface area contributed by atoms with Crippen molar-refractivity contribution in [2.75, 3.05) is 19.6 Å². The molecule has 2 aliphatic rings. The van der Waals surface area contributed by atoms with Crippen LogP contribution < -0.4 is 0 Å². The van der Waals surface area contributed by atoms with Gasteiger partial charge in [0.15, 0.2) is 0 Å². The van der Waals surface area contributed by atoms with E-state index in [0.29, 0.717) is 6.04 Å². The zero-order valence-corrected chi connectivity index (χ0v) is 10.00. The van der Waals surface area contributed by atoms with Gasteiger partial charge in [0.2, 0.25) is 0 Å². The third-order valence-electron chi connectivity index (χ3n) is 3.87. The largest absolute Gasteiger partial charge is 0.355 e. The van der Waals surface area contributed by atoms with Crippen molar-refractivity contribution < 1.29 is 0 Å². The summed E-state index contributed by atoms with van der Waals surface area (Å²) in [6, 6.07) is 1.26. The number of amidine groups is 1. The van der Waals surface area contributed by atoms with E-state index >= 15 is 0 Å². The van der Waals surface area contributed by atoms with Crippen molar-refractivity contribution in [1.82, 2.24) is 9.80 Å². The second kappa shape index (κ2) is 4.52. The van der Waals surface area contributed by atoms with Gasteiger partial charge in [-0.1, -0.05) is 13.3 Å². The smallest absolute Gasteiger partial charge is 0.0958 e. The first-order chi connectivity index (χ1) is 7.22. The number of nitrogens with zero attached hydrogens (tertiary/aromatic N) is 2. The fourth-order valence-corrected chi connectivity index (χ4v) is 2.93. The minimum absolute atomic E-state index is 0.534. The highest BCUT2D eigenvalue weighted by molar-refractivity contribution is 5.79. The van der Waals surface area contributed by atoms with E-state index in [4.69, 9.17) is 5.41 Å². The van der Waals surface area contributed by atoms with Crippen LogP contribution in [-0.4, -0.2) is 47.4 Å². The van der Waals surface area contributed by atoms with Crippen LogP contribution in [0, 0.1) is 5.41 Å². The molecule has 3 heteroatoms. The summed E-state index contributed by atoms with van der Waals surface area (Å²) < 4.78 is 0. The third kappa shape index (κ3) is 2.17. The Morgan fingerprint density at radius 1 is 1.33 bits per heavy atom. The zero-order valence-electron chi connectivity index (χ0n) is 10.00. The van der Waals surface area contributed by atoms with Crippen molar-refractivity contribution in [1.29, 1.82) is 5.41 Å². The first-order valence-electron chi connectivity index (χ1n) is 6.30. The number of rotatable bonds is 1. The van der Waals surface area contributed by atoms with Crippen LogP contribution in [0.25, 0.3) is 0 Å². The number of hydrogen-bond donors (Lipinski definition) is 1. The summed E-state index contributed by atoms with van der Waals surface area (Å²) in [6.45, 7) is 7.88. The van der Waals surface area contributed by atoms with Crippen molar-refractivity contribution >= 4 is 5.84 Å². The summed E-state index contributed by atoms with van der Waals surface area (Å²) in [4.78, 5) is 4.94. The Hall–Kier alpha value is -0.570. The summed E-state index contributed by atoms with van der Waals surface area (Å²) in [5, 5.41) is 7.98. The molecule has 2 heterocycles. The quantitative estimate of drug-likeness (QED) is 0.528. The van der Waals surface area contributed by atoms with E-state index in [0.717, 1.165) is 31.4 Å². The molecule has 0 spiro atoms. The molecule has 0 saturated carbocycles. The number of hydrogen-bond acceptors (Lipinski definition) is 2. The highest BCUT2D eigenvalue weighted by Gasteiger charge is 2.33. The molecular formula is C12H23N3. The molecule has 2 unspecified atom stereocenters. The van der Waals surface area contributed by atoms with Crippen LogP contribution in [0.4, 0.5) is 0 Å². The second-order valence-corrected chi connectivity index (χ2v) is 4.95. The average Bonchev–Trinajstić information content (AvgIpc) is 2.27. The van der Waals surface area contributed by atoms with E-state index in [2.05, 4.69) is 23.6 Å². The van der Waals surface area contributed by atoms with Gasteiger partial charge in [-0.25, -0.2) is 0 Å². The van der Waals surface area contributed by atoms with E-state index in [9.17, 15) is 0 Å². The maximum absolute atomic E-state index is 7.98. The standard InChI is InChI=1S/C12H23N3/c1-3-12(13)15-9-11-6-4-5-7-14(11)8-10(15)2/h10-11,13H,3-9H2,1-2H3. The molecule has 15 heavy (non-hydrogen) atoms. The molecule has 2 fully saturated rings. The molecule has 3 nitrogen and oxygen atoms in total. The molecule has 2 aliphatic heterocycles. The van der Waals surface area contributed by atoms with Gasteiger partial charge in [-0.05, 0) is 26.3 Å². The van der Waals surface area contributed by atoms with E-state index in [1.165, 1.54) is 25.8 Å². The lowest BCUT2D eigenvalue weighted by atomic mass is 9.97. The molecule has 0 bridgehead atoms. The second-order valence-electron chi connectivity index (χ2n) is 4.95. The normalized spacial score (nSPS) is 32.5. The van der Waals surface area contributed by atoms with Gasteiger partial charge in [-0.2, -0.15) is 0 Å². The molecule has 1 N–H and O–H groups in total. The van der Waals surface area contributed by atoms with E-state index in [1.54, 1.807) is 0 Å². The Kier molecular flexibility index (Phi) is 3.29. The lowest BCUT2D eigenvalue weighted by molar-refractivity contribution is 0.0491. The van der Waals surface area contributed by atoms with Crippen LogP contribution in [0.3, 0.4) is 0 Å². The first kappa shape index (κ1) is 10.9. The fraction of sp³-hybridized carbons (Fsp3) is 0.917. The van der Waals surface area contributed by atoms with Crippen molar-refractivity contribution in [2.24, 2.45) is 0 Å². The Labute approximate surface area is 92.9 Å². The maximum Gasteiger partial charge on any atom is 0.0958 e. The molecule has 0 aromatic heterocycles. The minimum atomic E-state index is 0.534. The Balaban J connectivity index is 2.01. The van der Waals surface area contributed by atoms with Crippen LogP contribution in [0.15, 0.2) is 0 Å². The monoisotopic (exact) mass is 209 g/mol. The molecule has 0 amide bonds. The average molecular weight is 209 g/mol. The predicted molar refractivity (Wildman–Crippen MR) is 63.4 cm³/mol. The summed E-state index contributed by atoms with van der Waals surface area (Å²) in [7, 11) is 0. The molecule has 0 radical (unpaired) electrons. The topological polar surface area (TPSA) is 30.3 Å². The maximum atomic E-state index is 7.98. The van der Waals surface area contributed by atoms with E-state index < -0.39 is 0 Å². The van der Waals surface area contributed by atoms with Crippen LogP contribution >= 0.6 is 0 Å². The highest BCUT2D eigenvalue weighted by atomic mass is 15.3. The number of fused-ring (bicyclic) bond motifs is 1. The Morgan fingerprint density at radius 3 is 2.87 bits per heavy atom. The van der Waals surface area contributed by atoms with Gasteiger partial charge in [0, 0.05) is 31.6 Å². The van der Waals surface area contributed by atoms with Gasteiger partial charge in [0.25, 0.3) is 0 Å². The lowest BCUT2D eigenvalue weighted by Crippen LogP contribution is -2.59. The lowest BCUT2D eigenvalue weighted by Gasteiger charge is -2.48. The molecule has 2 atom stereocenters. The number of piperazine rings is 1.